The van der Waals surface area contributed by atoms with Gasteiger partial charge in [0.05, 0.1) is 12.5 Å². The number of piperidine rings is 1. The van der Waals surface area contributed by atoms with Crippen LogP contribution in [0.4, 0.5) is 0 Å². The summed E-state index contributed by atoms with van der Waals surface area (Å²) >= 11 is 0. The molecule has 150 valence electrons. The molecule has 2 aromatic heterocycles. The van der Waals surface area contributed by atoms with E-state index in [1.54, 1.807) is 6.20 Å². The fourth-order valence-corrected chi connectivity index (χ4v) is 3.85. The minimum Gasteiger partial charge on any atom is -0.466 e. The maximum atomic E-state index is 12.9. The Hall–Kier alpha value is -3.22. The number of esters is 1. The Kier molecular flexibility index (Phi) is 5.29. The van der Waals surface area contributed by atoms with E-state index in [-0.39, 0.29) is 17.8 Å². The van der Waals surface area contributed by atoms with Gasteiger partial charge in [-0.1, -0.05) is 0 Å². The van der Waals surface area contributed by atoms with Gasteiger partial charge in [-0.25, -0.2) is 9.97 Å². The van der Waals surface area contributed by atoms with Gasteiger partial charge in [-0.2, -0.15) is 0 Å². The molecule has 0 atom stereocenters. The summed E-state index contributed by atoms with van der Waals surface area (Å²) in [5.41, 5.74) is 3.19. The van der Waals surface area contributed by atoms with Crippen LogP contribution < -0.4 is 0 Å². The smallest absolute Gasteiger partial charge is 0.309 e. The zero-order valence-electron chi connectivity index (χ0n) is 16.7. The molecule has 1 aliphatic rings. The van der Waals surface area contributed by atoms with Crippen LogP contribution in [0.15, 0.2) is 42.6 Å². The third-order valence-corrected chi connectivity index (χ3v) is 5.36. The van der Waals surface area contributed by atoms with Crippen LogP contribution in [0.25, 0.3) is 16.9 Å². The first kappa shape index (κ1) is 19.1. The zero-order valence-corrected chi connectivity index (χ0v) is 16.7. The molecule has 0 radical (unpaired) electrons. The summed E-state index contributed by atoms with van der Waals surface area (Å²) < 4.78 is 7.08. The molecule has 0 saturated carbocycles. The highest BCUT2D eigenvalue weighted by Gasteiger charge is 2.28. The molecule has 7 heteroatoms. The molecule has 0 N–H and O–H groups in total. The highest BCUT2D eigenvalue weighted by atomic mass is 16.5. The quantitative estimate of drug-likeness (QED) is 0.638. The maximum Gasteiger partial charge on any atom is 0.309 e. The van der Waals surface area contributed by atoms with Crippen LogP contribution in [0.2, 0.25) is 0 Å². The molecule has 3 aromatic rings. The third kappa shape index (κ3) is 3.72. The van der Waals surface area contributed by atoms with E-state index in [9.17, 15) is 9.59 Å². The Bertz CT molecular complexity index is 1030. The van der Waals surface area contributed by atoms with Crippen LogP contribution in [0.3, 0.4) is 0 Å². The average Bonchev–Trinajstić information content (AvgIpc) is 3.09. The SMILES string of the molecule is CCOC(=O)C1CCN(C(=O)c2ccc(-n3c(C)nc4cccnc43)cc2)CC1. The first-order valence-electron chi connectivity index (χ1n) is 9.95. The van der Waals surface area contributed by atoms with Crippen LogP contribution >= 0.6 is 0 Å². The number of ether oxygens (including phenoxy) is 1. The second-order valence-corrected chi connectivity index (χ2v) is 7.21. The number of amides is 1. The van der Waals surface area contributed by atoms with Gasteiger partial charge in [0.2, 0.25) is 0 Å². The number of nitrogens with zero attached hydrogens (tertiary/aromatic N) is 4. The average molecular weight is 392 g/mol. The third-order valence-electron chi connectivity index (χ3n) is 5.36. The summed E-state index contributed by atoms with van der Waals surface area (Å²) in [4.78, 5) is 35.5. The molecule has 1 aromatic carbocycles. The number of pyridine rings is 1. The van der Waals surface area contributed by atoms with Gasteiger partial charge in [-0.05, 0) is 63.1 Å². The lowest BCUT2D eigenvalue weighted by atomic mass is 9.96. The molecule has 3 heterocycles. The molecule has 4 rings (SSSR count). The van der Waals surface area contributed by atoms with Crippen molar-refractivity contribution in [2.45, 2.75) is 26.7 Å². The largest absolute Gasteiger partial charge is 0.466 e. The monoisotopic (exact) mass is 392 g/mol. The van der Waals surface area contributed by atoms with E-state index in [0.717, 1.165) is 22.7 Å². The van der Waals surface area contributed by atoms with Gasteiger partial charge >= 0.3 is 5.97 Å². The number of imidazole rings is 1. The van der Waals surface area contributed by atoms with Crippen molar-refractivity contribution in [3.8, 4) is 5.69 Å². The molecule has 29 heavy (non-hydrogen) atoms. The van der Waals surface area contributed by atoms with Crippen molar-refractivity contribution in [1.29, 1.82) is 0 Å². The second-order valence-electron chi connectivity index (χ2n) is 7.21. The van der Waals surface area contributed by atoms with E-state index in [0.29, 0.717) is 38.1 Å². The summed E-state index contributed by atoms with van der Waals surface area (Å²) in [6.45, 7) is 5.28. The minimum absolute atomic E-state index is 0.0100. The highest BCUT2D eigenvalue weighted by molar-refractivity contribution is 5.94. The number of aromatic nitrogens is 3. The van der Waals surface area contributed by atoms with Gasteiger partial charge in [0, 0.05) is 30.5 Å². The van der Waals surface area contributed by atoms with Crippen LogP contribution in [0, 0.1) is 12.8 Å². The first-order valence-corrected chi connectivity index (χ1v) is 9.95. The Balaban J connectivity index is 1.48. The fourth-order valence-electron chi connectivity index (χ4n) is 3.85. The van der Waals surface area contributed by atoms with Crippen molar-refractivity contribution in [2.75, 3.05) is 19.7 Å². The zero-order chi connectivity index (χ0) is 20.4. The van der Waals surface area contributed by atoms with Gasteiger partial charge in [-0.15, -0.1) is 0 Å². The van der Waals surface area contributed by atoms with Gasteiger partial charge in [0.15, 0.2) is 5.65 Å². The van der Waals surface area contributed by atoms with E-state index < -0.39 is 0 Å². The Labute approximate surface area is 169 Å². The molecule has 1 aliphatic heterocycles. The highest BCUT2D eigenvalue weighted by Crippen LogP contribution is 2.22. The van der Waals surface area contributed by atoms with Crippen molar-refractivity contribution in [1.82, 2.24) is 19.4 Å². The molecule has 7 nitrogen and oxygen atoms in total. The summed E-state index contributed by atoms with van der Waals surface area (Å²) in [6, 6.07) is 11.3. The molecule has 0 unspecified atom stereocenters. The number of carbonyl (C=O) groups is 2. The Morgan fingerprint density at radius 1 is 1.14 bits per heavy atom. The topological polar surface area (TPSA) is 77.3 Å². The van der Waals surface area contributed by atoms with Crippen LogP contribution in [0.5, 0.6) is 0 Å². The van der Waals surface area contributed by atoms with E-state index >= 15 is 0 Å². The number of hydrogen-bond donors (Lipinski definition) is 0. The predicted molar refractivity (Wildman–Crippen MR) is 109 cm³/mol. The molecule has 0 spiro atoms. The number of fused-ring (bicyclic) bond motifs is 1. The lowest BCUT2D eigenvalue weighted by Crippen LogP contribution is -2.40. The van der Waals surface area contributed by atoms with Crippen molar-refractivity contribution < 1.29 is 14.3 Å². The summed E-state index contributed by atoms with van der Waals surface area (Å²) in [7, 11) is 0. The van der Waals surface area contributed by atoms with Crippen molar-refractivity contribution in [3.63, 3.8) is 0 Å². The fraction of sp³-hybridized carbons (Fsp3) is 0.364. The Morgan fingerprint density at radius 3 is 2.55 bits per heavy atom. The number of rotatable bonds is 4. The van der Waals surface area contributed by atoms with E-state index in [1.807, 2.05) is 59.7 Å². The van der Waals surface area contributed by atoms with Crippen molar-refractivity contribution >= 4 is 23.0 Å². The minimum atomic E-state index is -0.152. The standard InChI is InChI=1S/C22H24N4O3/c1-3-29-22(28)17-10-13-25(14-11-17)21(27)16-6-8-18(9-7-16)26-15(2)24-19-5-4-12-23-20(19)26/h4-9,12,17H,3,10-11,13-14H2,1-2H3. The van der Waals surface area contributed by atoms with Gasteiger partial charge in [0.25, 0.3) is 5.91 Å². The Morgan fingerprint density at radius 2 is 1.86 bits per heavy atom. The molecular formula is C22H24N4O3. The second kappa shape index (κ2) is 8.03. The molecule has 0 bridgehead atoms. The van der Waals surface area contributed by atoms with Gasteiger partial charge in [0.1, 0.15) is 11.3 Å². The summed E-state index contributed by atoms with van der Waals surface area (Å²) in [5, 5.41) is 0. The van der Waals surface area contributed by atoms with Crippen LogP contribution in [-0.4, -0.2) is 51.0 Å². The number of hydrogen-bond acceptors (Lipinski definition) is 5. The summed E-state index contributed by atoms with van der Waals surface area (Å²) in [6.07, 6.45) is 3.04. The molecular weight excluding hydrogens is 368 g/mol. The lowest BCUT2D eigenvalue weighted by Gasteiger charge is -2.31. The van der Waals surface area contributed by atoms with Crippen molar-refractivity contribution in [2.24, 2.45) is 5.92 Å². The number of carbonyl (C=O) groups excluding carboxylic acids is 2. The lowest BCUT2D eigenvalue weighted by molar-refractivity contribution is -0.149. The van der Waals surface area contributed by atoms with E-state index in [1.165, 1.54) is 0 Å². The molecule has 1 fully saturated rings. The number of aryl methyl sites for hydroxylation is 1. The molecule has 1 saturated heterocycles. The normalized spacial score (nSPS) is 14.9. The molecule has 0 aliphatic carbocycles. The van der Waals surface area contributed by atoms with Gasteiger partial charge < -0.3 is 9.64 Å². The summed E-state index contributed by atoms with van der Waals surface area (Å²) in [5.74, 6) is 0.579. The van der Waals surface area contributed by atoms with Gasteiger partial charge in [-0.3, -0.25) is 14.2 Å². The predicted octanol–water partition coefficient (Wildman–Crippen LogP) is 3.14. The number of benzene rings is 1. The number of likely N-dealkylation sites (tertiary alicyclic amines) is 1. The first-order chi connectivity index (χ1) is 14.1. The van der Waals surface area contributed by atoms with Crippen molar-refractivity contribution in [3.05, 3.63) is 54.0 Å². The van der Waals surface area contributed by atoms with Crippen LogP contribution in [0.1, 0.15) is 35.9 Å². The van der Waals surface area contributed by atoms with E-state index in [4.69, 9.17) is 4.74 Å². The molecule has 1 amide bonds. The maximum absolute atomic E-state index is 12.9. The van der Waals surface area contributed by atoms with E-state index in [2.05, 4.69) is 9.97 Å². The van der Waals surface area contributed by atoms with Crippen LogP contribution in [-0.2, 0) is 9.53 Å².